The summed E-state index contributed by atoms with van der Waals surface area (Å²) in [5.41, 5.74) is 2.43. The third kappa shape index (κ3) is 5.57. The molecule has 0 bridgehead atoms. The Bertz CT molecular complexity index is 1020. The Kier molecular flexibility index (Phi) is 6.22. The van der Waals surface area contributed by atoms with Crippen LogP contribution in [0.5, 0.6) is 0 Å². The average molecular weight is 417 g/mol. The van der Waals surface area contributed by atoms with Gasteiger partial charge in [-0.2, -0.15) is 13.2 Å². The van der Waals surface area contributed by atoms with E-state index in [0.29, 0.717) is 11.3 Å². The molecule has 0 saturated heterocycles. The second-order valence-electron chi connectivity index (χ2n) is 6.42. The Morgan fingerprint density at radius 1 is 1.00 bits per heavy atom. The van der Waals surface area contributed by atoms with Crippen molar-refractivity contribution in [2.75, 3.05) is 11.1 Å². The first-order valence-electron chi connectivity index (χ1n) is 8.74. The fourth-order valence-corrected chi connectivity index (χ4v) is 3.20. The van der Waals surface area contributed by atoms with Gasteiger partial charge in [0.05, 0.1) is 11.4 Å². The summed E-state index contributed by atoms with van der Waals surface area (Å²) in [6.45, 7) is 3.90. The number of amides is 1. The Morgan fingerprint density at radius 2 is 1.72 bits per heavy atom. The lowest BCUT2D eigenvalue weighted by Crippen LogP contribution is -2.15. The monoisotopic (exact) mass is 417 g/mol. The molecule has 1 amide bonds. The Balaban J connectivity index is 1.77. The summed E-state index contributed by atoms with van der Waals surface area (Å²) in [5.74, 6) is -0.455. The third-order valence-corrected chi connectivity index (χ3v) is 5.04. The fraction of sp³-hybridized carbons (Fsp3) is 0.190. The number of aromatic nitrogens is 2. The van der Waals surface area contributed by atoms with Crippen LogP contribution in [0.25, 0.3) is 11.3 Å². The molecule has 0 aliphatic carbocycles. The van der Waals surface area contributed by atoms with Gasteiger partial charge in [-0.1, -0.05) is 48.2 Å². The van der Waals surface area contributed by atoms with Gasteiger partial charge >= 0.3 is 6.18 Å². The van der Waals surface area contributed by atoms with Crippen LogP contribution in [-0.2, 0) is 11.0 Å². The first-order chi connectivity index (χ1) is 13.7. The molecule has 4 nitrogen and oxygen atoms in total. The molecule has 8 heteroatoms. The second-order valence-corrected chi connectivity index (χ2v) is 7.36. The highest BCUT2D eigenvalue weighted by molar-refractivity contribution is 7.99. The number of rotatable bonds is 5. The lowest BCUT2D eigenvalue weighted by molar-refractivity contribution is -0.141. The van der Waals surface area contributed by atoms with E-state index >= 15 is 0 Å². The maximum absolute atomic E-state index is 13.2. The number of nitrogens with one attached hydrogen (secondary N) is 1. The SMILES string of the molecule is Cc1ccc(NC(=O)CSc2nc(-c3ccccc3)cc(C(F)(F)F)n2)cc1C. The third-order valence-electron chi connectivity index (χ3n) is 4.19. The smallest absolute Gasteiger partial charge is 0.325 e. The van der Waals surface area contributed by atoms with E-state index in [1.165, 1.54) is 0 Å². The van der Waals surface area contributed by atoms with Gasteiger partial charge in [-0.05, 0) is 43.2 Å². The van der Waals surface area contributed by atoms with Crippen LogP contribution in [0.1, 0.15) is 16.8 Å². The molecule has 150 valence electrons. The topological polar surface area (TPSA) is 54.9 Å². The van der Waals surface area contributed by atoms with Gasteiger partial charge < -0.3 is 5.32 Å². The standard InChI is InChI=1S/C21H18F3N3OS/c1-13-8-9-16(10-14(13)2)25-19(28)12-29-20-26-17(15-6-4-3-5-7-15)11-18(27-20)21(22,23)24/h3-11H,12H2,1-2H3,(H,25,28). The number of carbonyl (C=O) groups is 1. The van der Waals surface area contributed by atoms with Crippen molar-refractivity contribution >= 4 is 23.4 Å². The fourth-order valence-electron chi connectivity index (χ4n) is 2.54. The minimum atomic E-state index is -4.61. The van der Waals surface area contributed by atoms with Crippen LogP contribution >= 0.6 is 11.8 Å². The number of halogens is 3. The van der Waals surface area contributed by atoms with Crippen LogP contribution < -0.4 is 5.32 Å². The summed E-state index contributed by atoms with van der Waals surface area (Å²) in [5, 5.41) is 2.63. The van der Waals surface area contributed by atoms with Gasteiger partial charge in [0.15, 0.2) is 5.16 Å². The molecule has 29 heavy (non-hydrogen) atoms. The number of thioether (sulfide) groups is 1. The first-order valence-corrected chi connectivity index (χ1v) is 9.72. The molecule has 1 aromatic heterocycles. The second kappa shape index (κ2) is 8.65. The number of aryl methyl sites for hydroxylation is 2. The van der Waals surface area contributed by atoms with E-state index in [1.54, 1.807) is 36.4 Å². The molecule has 3 aromatic rings. The summed E-state index contributed by atoms with van der Waals surface area (Å²) >= 11 is 0.860. The van der Waals surface area contributed by atoms with Crippen molar-refractivity contribution in [1.29, 1.82) is 0 Å². The van der Waals surface area contributed by atoms with E-state index in [1.807, 2.05) is 26.0 Å². The van der Waals surface area contributed by atoms with Crippen LogP contribution in [0.3, 0.4) is 0 Å². The highest BCUT2D eigenvalue weighted by Gasteiger charge is 2.34. The van der Waals surface area contributed by atoms with Gasteiger partial charge in [0, 0.05) is 11.3 Å². The molecule has 2 aromatic carbocycles. The minimum absolute atomic E-state index is 0.103. The van der Waals surface area contributed by atoms with Crippen LogP contribution in [0, 0.1) is 13.8 Å². The molecular weight excluding hydrogens is 399 g/mol. The molecule has 1 N–H and O–H groups in total. The molecule has 3 rings (SSSR count). The van der Waals surface area contributed by atoms with Crippen molar-refractivity contribution in [3.63, 3.8) is 0 Å². The van der Waals surface area contributed by atoms with Crippen molar-refractivity contribution in [3.8, 4) is 11.3 Å². The minimum Gasteiger partial charge on any atom is -0.325 e. The summed E-state index contributed by atoms with van der Waals surface area (Å²) in [6, 6.07) is 15.0. The number of alkyl halides is 3. The molecular formula is C21H18F3N3OS. The molecule has 0 unspecified atom stereocenters. The van der Waals surface area contributed by atoms with E-state index < -0.39 is 11.9 Å². The molecule has 0 fully saturated rings. The van der Waals surface area contributed by atoms with Gasteiger partial charge in [0.25, 0.3) is 0 Å². The lowest BCUT2D eigenvalue weighted by Gasteiger charge is -2.11. The summed E-state index contributed by atoms with van der Waals surface area (Å²) < 4.78 is 39.7. The lowest BCUT2D eigenvalue weighted by atomic mass is 10.1. The van der Waals surface area contributed by atoms with E-state index in [-0.39, 0.29) is 22.5 Å². The predicted octanol–water partition coefficient (Wildman–Crippen LogP) is 5.51. The zero-order valence-corrected chi connectivity index (χ0v) is 16.6. The summed E-state index contributed by atoms with van der Waals surface area (Å²) in [7, 11) is 0. The highest BCUT2D eigenvalue weighted by atomic mass is 32.2. The van der Waals surface area contributed by atoms with Crippen molar-refractivity contribution in [3.05, 3.63) is 71.4 Å². The van der Waals surface area contributed by atoms with Crippen LogP contribution in [0.15, 0.2) is 59.8 Å². The Hall–Kier alpha value is -2.87. The van der Waals surface area contributed by atoms with Gasteiger partial charge in [0.2, 0.25) is 5.91 Å². The predicted molar refractivity (Wildman–Crippen MR) is 108 cm³/mol. The van der Waals surface area contributed by atoms with Gasteiger partial charge in [0.1, 0.15) is 5.69 Å². The number of hydrogen-bond acceptors (Lipinski definition) is 4. The zero-order chi connectivity index (χ0) is 21.0. The van der Waals surface area contributed by atoms with Crippen molar-refractivity contribution in [2.24, 2.45) is 0 Å². The average Bonchev–Trinajstić information content (AvgIpc) is 2.69. The number of hydrogen-bond donors (Lipinski definition) is 1. The highest BCUT2D eigenvalue weighted by Crippen LogP contribution is 2.32. The van der Waals surface area contributed by atoms with E-state index in [9.17, 15) is 18.0 Å². The van der Waals surface area contributed by atoms with E-state index in [0.717, 1.165) is 29.0 Å². The number of anilines is 1. The molecule has 0 aliphatic heterocycles. The van der Waals surface area contributed by atoms with Gasteiger partial charge in [-0.15, -0.1) is 0 Å². The maximum Gasteiger partial charge on any atom is 0.433 e. The number of nitrogens with zero attached hydrogens (tertiary/aromatic N) is 2. The van der Waals surface area contributed by atoms with Crippen LogP contribution in [0.2, 0.25) is 0 Å². The largest absolute Gasteiger partial charge is 0.433 e. The van der Waals surface area contributed by atoms with E-state index in [2.05, 4.69) is 15.3 Å². The first kappa shape index (κ1) is 20.9. The normalized spacial score (nSPS) is 11.3. The maximum atomic E-state index is 13.2. The quantitative estimate of drug-likeness (QED) is 0.439. The van der Waals surface area contributed by atoms with Crippen molar-refractivity contribution < 1.29 is 18.0 Å². The Labute approximate surface area is 170 Å². The summed E-state index contributed by atoms with van der Waals surface area (Å²) in [4.78, 5) is 20.0. The molecule has 1 heterocycles. The zero-order valence-electron chi connectivity index (χ0n) is 15.7. The molecule has 0 radical (unpaired) electrons. The Morgan fingerprint density at radius 3 is 2.38 bits per heavy atom. The van der Waals surface area contributed by atoms with Crippen LogP contribution in [0.4, 0.5) is 18.9 Å². The molecule has 0 spiro atoms. The van der Waals surface area contributed by atoms with Crippen LogP contribution in [-0.4, -0.2) is 21.6 Å². The number of benzene rings is 2. The number of carbonyl (C=O) groups excluding carboxylic acids is 1. The van der Waals surface area contributed by atoms with E-state index in [4.69, 9.17) is 0 Å². The molecule has 0 saturated carbocycles. The van der Waals surface area contributed by atoms with Crippen molar-refractivity contribution in [1.82, 2.24) is 9.97 Å². The van der Waals surface area contributed by atoms with Crippen molar-refractivity contribution in [2.45, 2.75) is 25.2 Å². The van der Waals surface area contributed by atoms with Gasteiger partial charge in [-0.3, -0.25) is 4.79 Å². The summed E-state index contributed by atoms with van der Waals surface area (Å²) in [6.07, 6.45) is -4.61. The molecule has 0 atom stereocenters. The van der Waals surface area contributed by atoms with Gasteiger partial charge in [-0.25, -0.2) is 9.97 Å². The molecule has 0 aliphatic rings.